The second kappa shape index (κ2) is 5.49. The lowest BCUT2D eigenvalue weighted by Crippen LogP contribution is -2.53. The average molecular weight is 263 g/mol. The van der Waals surface area contributed by atoms with Gasteiger partial charge >= 0.3 is 0 Å². The highest BCUT2D eigenvalue weighted by Gasteiger charge is 2.42. The van der Waals surface area contributed by atoms with Crippen LogP contribution in [-0.4, -0.2) is 46.1 Å². The summed E-state index contributed by atoms with van der Waals surface area (Å²) in [5.41, 5.74) is 1.43. The van der Waals surface area contributed by atoms with Gasteiger partial charge in [-0.3, -0.25) is 0 Å². The molecule has 2 aliphatic rings. The van der Waals surface area contributed by atoms with Crippen LogP contribution in [0.25, 0.3) is 0 Å². The van der Waals surface area contributed by atoms with Crippen molar-refractivity contribution in [2.24, 2.45) is 0 Å². The molecule has 0 radical (unpaired) electrons. The number of methoxy groups -OCH3 is 1. The van der Waals surface area contributed by atoms with E-state index in [2.05, 4.69) is 23.5 Å². The maximum atomic E-state index is 5.55. The predicted octanol–water partition coefficient (Wildman–Crippen LogP) is 1.34. The second-order valence-electron chi connectivity index (χ2n) is 5.44. The van der Waals surface area contributed by atoms with Gasteiger partial charge in [0.2, 0.25) is 0 Å². The molecule has 1 aromatic rings. The quantitative estimate of drug-likeness (QED) is 0.890. The number of nitrogens with one attached hydrogen (secondary N) is 1. The molecule has 4 nitrogen and oxygen atoms in total. The molecule has 1 unspecified atom stereocenters. The minimum absolute atomic E-state index is 0.118. The first-order chi connectivity index (χ1) is 9.32. The largest absolute Gasteiger partial charge is 0.497 e. The molecular formula is C15H21NO3. The number of rotatable bonds is 4. The van der Waals surface area contributed by atoms with E-state index in [1.54, 1.807) is 7.11 Å². The molecule has 1 atom stereocenters. The van der Waals surface area contributed by atoms with Gasteiger partial charge in [0, 0.05) is 18.0 Å². The van der Waals surface area contributed by atoms with Crippen LogP contribution in [0.4, 0.5) is 0 Å². The Labute approximate surface area is 114 Å². The third-order valence-electron chi connectivity index (χ3n) is 4.07. The van der Waals surface area contributed by atoms with Crippen molar-refractivity contribution in [1.29, 1.82) is 0 Å². The van der Waals surface area contributed by atoms with Crippen LogP contribution in [0.2, 0.25) is 0 Å². The minimum Gasteiger partial charge on any atom is -0.497 e. The van der Waals surface area contributed by atoms with E-state index < -0.39 is 0 Å². The van der Waals surface area contributed by atoms with Gasteiger partial charge in [-0.1, -0.05) is 12.1 Å². The molecular weight excluding hydrogens is 242 g/mol. The lowest BCUT2D eigenvalue weighted by Gasteiger charge is -2.45. The van der Waals surface area contributed by atoms with Crippen molar-refractivity contribution >= 4 is 0 Å². The van der Waals surface area contributed by atoms with Crippen molar-refractivity contribution in [3.8, 4) is 5.75 Å². The highest BCUT2D eigenvalue weighted by atomic mass is 16.5. The van der Waals surface area contributed by atoms with Gasteiger partial charge in [-0.2, -0.15) is 0 Å². The minimum atomic E-state index is 0.118. The molecule has 19 heavy (non-hydrogen) atoms. The van der Waals surface area contributed by atoms with E-state index in [9.17, 15) is 0 Å². The molecule has 2 saturated heterocycles. The van der Waals surface area contributed by atoms with Gasteiger partial charge in [0.1, 0.15) is 5.75 Å². The summed E-state index contributed by atoms with van der Waals surface area (Å²) < 4.78 is 16.4. The van der Waals surface area contributed by atoms with E-state index in [4.69, 9.17) is 14.2 Å². The molecule has 1 aromatic carbocycles. The molecule has 0 amide bonds. The number of ether oxygens (including phenoxy) is 3. The number of benzene rings is 1. The Morgan fingerprint density at radius 2 is 2.26 bits per heavy atom. The average Bonchev–Trinajstić information content (AvgIpc) is 2.44. The molecule has 0 bridgehead atoms. The van der Waals surface area contributed by atoms with Gasteiger partial charge in [-0.15, -0.1) is 0 Å². The van der Waals surface area contributed by atoms with Gasteiger partial charge in [0.25, 0.3) is 0 Å². The Morgan fingerprint density at radius 3 is 2.89 bits per heavy atom. The topological polar surface area (TPSA) is 39.7 Å². The van der Waals surface area contributed by atoms with Crippen molar-refractivity contribution < 1.29 is 14.2 Å². The Hall–Kier alpha value is -1.10. The molecule has 0 aromatic heterocycles. The molecule has 0 spiro atoms. The third kappa shape index (κ3) is 2.61. The highest BCUT2D eigenvalue weighted by Crippen LogP contribution is 2.38. The number of hydrogen-bond acceptors (Lipinski definition) is 4. The van der Waals surface area contributed by atoms with Crippen LogP contribution in [0.3, 0.4) is 0 Å². The Kier molecular flexibility index (Phi) is 3.73. The van der Waals surface area contributed by atoms with Gasteiger partial charge in [-0.05, 0) is 24.1 Å². The zero-order valence-corrected chi connectivity index (χ0v) is 11.4. The van der Waals surface area contributed by atoms with Crippen molar-refractivity contribution in [2.75, 3.05) is 40.1 Å². The fourth-order valence-electron chi connectivity index (χ4n) is 2.93. The first-order valence-corrected chi connectivity index (χ1v) is 6.86. The van der Waals surface area contributed by atoms with Crippen LogP contribution in [-0.2, 0) is 14.9 Å². The maximum absolute atomic E-state index is 5.55. The maximum Gasteiger partial charge on any atom is 0.119 e. The summed E-state index contributed by atoms with van der Waals surface area (Å²) in [5, 5.41) is 3.53. The summed E-state index contributed by atoms with van der Waals surface area (Å²) in [7, 11) is 1.71. The monoisotopic (exact) mass is 263 g/mol. The summed E-state index contributed by atoms with van der Waals surface area (Å²) >= 11 is 0. The normalized spacial score (nSPS) is 25.6. The van der Waals surface area contributed by atoms with E-state index in [-0.39, 0.29) is 5.41 Å². The van der Waals surface area contributed by atoms with E-state index >= 15 is 0 Å². The smallest absolute Gasteiger partial charge is 0.119 e. The molecule has 4 heteroatoms. The van der Waals surface area contributed by atoms with Crippen LogP contribution in [0.5, 0.6) is 5.75 Å². The van der Waals surface area contributed by atoms with Gasteiger partial charge in [-0.25, -0.2) is 0 Å². The van der Waals surface area contributed by atoms with Gasteiger partial charge in [0.15, 0.2) is 0 Å². The van der Waals surface area contributed by atoms with Crippen LogP contribution < -0.4 is 10.1 Å². The van der Waals surface area contributed by atoms with E-state index in [0.29, 0.717) is 6.04 Å². The fraction of sp³-hybridized carbons (Fsp3) is 0.600. The molecule has 2 fully saturated rings. The van der Waals surface area contributed by atoms with Crippen molar-refractivity contribution in [3.63, 3.8) is 0 Å². The van der Waals surface area contributed by atoms with Crippen LogP contribution in [0.15, 0.2) is 24.3 Å². The Balaban J connectivity index is 1.77. The Morgan fingerprint density at radius 1 is 1.37 bits per heavy atom. The molecule has 0 saturated carbocycles. The first kappa shape index (κ1) is 12.9. The first-order valence-electron chi connectivity index (χ1n) is 6.86. The van der Waals surface area contributed by atoms with Gasteiger partial charge in [0.05, 0.1) is 33.5 Å². The van der Waals surface area contributed by atoms with Gasteiger partial charge < -0.3 is 19.5 Å². The molecule has 0 aliphatic carbocycles. The Bertz CT molecular complexity index is 425. The number of morpholine rings is 1. The van der Waals surface area contributed by atoms with Crippen LogP contribution in [0, 0.1) is 0 Å². The lowest BCUT2D eigenvalue weighted by atomic mass is 9.73. The summed E-state index contributed by atoms with van der Waals surface area (Å²) in [4.78, 5) is 0. The third-order valence-corrected chi connectivity index (χ3v) is 4.07. The van der Waals surface area contributed by atoms with Crippen molar-refractivity contribution in [3.05, 3.63) is 29.8 Å². The molecule has 2 heterocycles. The number of hydrogen-bond donors (Lipinski definition) is 1. The van der Waals surface area contributed by atoms with Crippen LogP contribution in [0.1, 0.15) is 12.0 Å². The predicted molar refractivity (Wildman–Crippen MR) is 72.7 cm³/mol. The highest BCUT2D eigenvalue weighted by molar-refractivity contribution is 5.35. The molecule has 1 N–H and O–H groups in total. The standard InChI is InChI=1S/C15H21NO3/c1-17-14-4-2-3-12(7-14)15(10-19-11-15)8-13-9-18-6-5-16-13/h2-4,7,13,16H,5-6,8-11H2,1H3. The summed E-state index contributed by atoms with van der Waals surface area (Å²) in [6.45, 7) is 4.14. The van der Waals surface area contributed by atoms with Crippen LogP contribution >= 0.6 is 0 Å². The van der Waals surface area contributed by atoms with Crippen molar-refractivity contribution in [2.45, 2.75) is 17.9 Å². The summed E-state index contributed by atoms with van der Waals surface area (Å²) in [6, 6.07) is 8.77. The second-order valence-corrected chi connectivity index (χ2v) is 5.44. The van der Waals surface area contributed by atoms with Crippen molar-refractivity contribution in [1.82, 2.24) is 5.32 Å². The zero-order chi connectivity index (χ0) is 13.1. The zero-order valence-electron chi connectivity index (χ0n) is 11.4. The fourth-order valence-corrected chi connectivity index (χ4v) is 2.93. The molecule has 3 rings (SSSR count). The summed E-state index contributed by atoms with van der Waals surface area (Å²) in [5.74, 6) is 0.914. The molecule has 104 valence electrons. The van der Waals surface area contributed by atoms with E-state index in [0.717, 1.165) is 45.1 Å². The molecule has 2 aliphatic heterocycles. The van der Waals surface area contributed by atoms with E-state index in [1.807, 2.05) is 6.07 Å². The van der Waals surface area contributed by atoms with E-state index in [1.165, 1.54) is 5.56 Å². The lowest BCUT2D eigenvalue weighted by molar-refractivity contribution is -0.0753. The SMILES string of the molecule is COc1cccc(C2(CC3COCCN3)COC2)c1. The summed E-state index contributed by atoms with van der Waals surface area (Å²) in [6.07, 6.45) is 1.06.